The summed E-state index contributed by atoms with van der Waals surface area (Å²) in [5, 5.41) is 13.7. The second kappa shape index (κ2) is 9.72. The van der Waals surface area contributed by atoms with E-state index >= 15 is 0 Å². The van der Waals surface area contributed by atoms with Crippen molar-refractivity contribution >= 4 is 39.8 Å². The summed E-state index contributed by atoms with van der Waals surface area (Å²) in [7, 11) is 0. The Morgan fingerprint density at radius 3 is 2.71 bits per heavy atom. The second-order valence-electron chi connectivity index (χ2n) is 8.73. The maximum absolute atomic E-state index is 13.4. The molecule has 35 heavy (non-hydrogen) atoms. The molecule has 0 aromatic heterocycles. The number of rotatable bonds is 6. The molecule has 2 saturated heterocycles. The number of hydrogen-bond donors (Lipinski definition) is 1. The number of benzene rings is 3. The number of ketones is 1. The van der Waals surface area contributed by atoms with E-state index in [9.17, 15) is 14.7 Å². The number of aliphatic hydroxyl groups excluding tert-OH is 1. The molecule has 180 valence electrons. The van der Waals surface area contributed by atoms with Crippen molar-refractivity contribution in [1.82, 2.24) is 4.90 Å². The average Bonchev–Trinajstić information content (AvgIpc) is 3.47. The molecule has 1 N–H and O–H groups in total. The number of halogens is 1. The molecule has 7 heteroatoms. The highest BCUT2D eigenvalue weighted by Gasteiger charge is 2.47. The maximum atomic E-state index is 13.4. The highest BCUT2D eigenvalue weighted by Crippen LogP contribution is 2.43. The van der Waals surface area contributed by atoms with Gasteiger partial charge in [0.25, 0.3) is 11.7 Å². The summed E-state index contributed by atoms with van der Waals surface area (Å²) in [5.74, 6) is -1.22. The zero-order valence-corrected chi connectivity index (χ0v) is 20.1. The molecule has 0 spiro atoms. The molecule has 0 radical (unpaired) electrons. The fourth-order valence-corrected chi connectivity index (χ4v) is 5.13. The molecule has 0 saturated carbocycles. The summed E-state index contributed by atoms with van der Waals surface area (Å²) in [5.41, 5.74) is 1.19. The Morgan fingerprint density at radius 2 is 1.94 bits per heavy atom. The van der Waals surface area contributed by atoms with Gasteiger partial charge in [-0.25, -0.2) is 0 Å². The van der Waals surface area contributed by atoms with Gasteiger partial charge in [-0.1, -0.05) is 54.1 Å². The van der Waals surface area contributed by atoms with Crippen LogP contribution in [0.15, 0.2) is 66.2 Å². The lowest BCUT2D eigenvalue weighted by Gasteiger charge is -2.28. The van der Waals surface area contributed by atoms with Crippen LogP contribution >= 0.6 is 11.6 Å². The Kier molecular flexibility index (Phi) is 6.50. The van der Waals surface area contributed by atoms with Gasteiger partial charge in [-0.3, -0.25) is 9.59 Å². The fraction of sp³-hybridized carbons (Fsp3) is 0.286. The lowest BCUT2D eigenvalue weighted by Crippen LogP contribution is -2.36. The summed E-state index contributed by atoms with van der Waals surface area (Å²) in [6.45, 7) is 3.14. The van der Waals surface area contributed by atoms with Crippen LogP contribution in [-0.4, -0.2) is 47.6 Å². The maximum Gasteiger partial charge on any atom is 0.295 e. The van der Waals surface area contributed by atoms with E-state index < -0.39 is 17.7 Å². The topological polar surface area (TPSA) is 76.1 Å². The van der Waals surface area contributed by atoms with Crippen LogP contribution in [0.25, 0.3) is 16.5 Å². The van der Waals surface area contributed by atoms with Gasteiger partial charge in [0.15, 0.2) is 0 Å². The lowest BCUT2D eigenvalue weighted by molar-refractivity contribution is -0.140. The fourth-order valence-electron chi connectivity index (χ4n) is 4.96. The van der Waals surface area contributed by atoms with Crippen LogP contribution in [0.5, 0.6) is 5.75 Å². The van der Waals surface area contributed by atoms with Crippen molar-refractivity contribution in [2.45, 2.75) is 31.9 Å². The monoisotopic (exact) mass is 491 g/mol. The first-order valence-corrected chi connectivity index (χ1v) is 12.2. The molecule has 0 aliphatic carbocycles. The Balaban J connectivity index is 1.69. The van der Waals surface area contributed by atoms with Crippen molar-refractivity contribution in [3.05, 3.63) is 82.4 Å². The number of nitrogens with zero attached hydrogens (tertiary/aromatic N) is 1. The third-order valence-corrected chi connectivity index (χ3v) is 6.90. The van der Waals surface area contributed by atoms with E-state index in [4.69, 9.17) is 21.1 Å². The van der Waals surface area contributed by atoms with Gasteiger partial charge in [0.2, 0.25) is 0 Å². The van der Waals surface area contributed by atoms with Crippen LogP contribution in [0.2, 0.25) is 5.02 Å². The minimum absolute atomic E-state index is 0.0501. The first-order chi connectivity index (χ1) is 17.0. The first kappa shape index (κ1) is 23.4. The number of aliphatic hydroxyl groups is 1. The molecule has 5 rings (SSSR count). The van der Waals surface area contributed by atoms with Crippen LogP contribution in [0.4, 0.5) is 0 Å². The summed E-state index contributed by atoms with van der Waals surface area (Å²) < 4.78 is 11.4. The molecule has 2 aliphatic heterocycles. The Hall–Kier alpha value is -3.35. The van der Waals surface area contributed by atoms with Crippen LogP contribution in [0.1, 0.15) is 36.9 Å². The lowest BCUT2D eigenvalue weighted by atomic mass is 9.91. The molecule has 2 fully saturated rings. The molecule has 3 aromatic rings. The number of Topliss-reactive ketones (excluding diaryl/α,β-unsaturated/α-hetero) is 1. The standard InChI is InChI=1S/C28H26ClNO5/c1-2-34-23-15-18(12-13-22(23)29)26(31)24-25(21-11-5-8-17-7-3-4-10-20(17)21)30(28(33)27(24)32)16-19-9-6-14-35-19/h3-5,7-8,10-13,15,19,25,31H,2,6,9,14,16H2,1H3/b26-24-. The highest BCUT2D eigenvalue weighted by molar-refractivity contribution is 6.46. The molecule has 3 aromatic carbocycles. The number of carbonyl (C=O) groups is 2. The van der Waals surface area contributed by atoms with Gasteiger partial charge in [0.1, 0.15) is 11.5 Å². The number of fused-ring (bicyclic) bond motifs is 1. The van der Waals surface area contributed by atoms with Gasteiger partial charge in [0.05, 0.1) is 29.3 Å². The van der Waals surface area contributed by atoms with Crippen molar-refractivity contribution in [3.8, 4) is 5.75 Å². The molecule has 0 bridgehead atoms. The van der Waals surface area contributed by atoms with Gasteiger partial charge in [0, 0.05) is 18.7 Å². The quantitative estimate of drug-likeness (QED) is 0.280. The van der Waals surface area contributed by atoms with E-state index in [1.165, 1.54) is 0 Å². The normalized spacial score (nSPS) is 21.7. The molecule has 2 aliphatic rings. The number of likely N-dealkylation sites (tertiary alicyclic amines) is 1. The Bertz CT molecular complexity index is 1320. The zero-order chi connectivity index (χ0) is 24.5. The molecular weight excluding hydrogens is 466 g/mol. The molecule has 2 unspecified atom stereocenters. The summed E-state index contributed by atoms with van der Waals surface area (Å²) in [6.07, 6.45) is 1.59. The Morgan fingerprint density at radius 1 is 1.14 bits per heavy atom. The molecule has 2 heterocycles. The summed E-state index contributed by atoms with van der Waals surface area (Å²) in [6, 6.07) is 17.7. The number of amides is 1. The zero-order valence-electron chi connectivity index (χ0n) is 19.4. The van der Waals surface area contributed by atoms with Gasteiger partial charge in [-0.2, -0.15) is 0 Å². The van der Waals surface area contributed by atoms with Crippen molar-refractivity contribution in [3.63, 3.8) is 0 Å². The minimum atomic E-state index is -0.753. The number of carbonyl (C=O) groups excluding carboxylic acids is 2. The van der Waals surface area contributed by atoms with Crippen LogP contribution in [-0.2, 0) is 14.3 Å². The van der Waals surface area contributed by atoms with Crippen molar-refractivity contribution in [2.75, 3.05) is 19.8 Å². The third kappa shape index (κ3) is 4.28. The molecule has 6 nitrogen and oxygen atoms in total. The van der Waals surface area contributed by atoms with Gasteiger partial charge in [-0.15, -0.1) is 0 Å². The van der Waals surface area contributed by atoms with Crippen LogP contribution < -0.4 is 4.74 Å². The summed E-state index contributed by atoms with van der Waals surface area (Å²) in [4.78, 5) is 28.3. The van der Waals surface area contributed by atoms with Crippen LogP contribution in [0, 0.1) is 0 Å². The minimum Gasteiger partial charge on any atom is -0.507 e. The third-order valence-electron chi connectivity index (χ3n) is 6.59. The predicted octanol–water partition coefficient (Wildman–Crippen LogP) is 5.49. The molecule has 1 amide bonds. The van der Waals surface area contributed by atoms with Crippen LogP contribution in [0.3, 0.4) is 0 Å². The SMILES string of the molecule is CCOc1cc(/C(O)=C2/C(=O)C(=O)N(CC3CCCO3)C2c2cccc3ccccc23)ccc1Cl. The number of ether oxygens (including phenoxy) is 2. The van der Waals surface area contributed by atoms with Gasteiger partial charge in [-0.05, 0) is 54.3 Å². The van der Waals surface area contributed by atoms with Gasteiger partial charge >= 0.3 is 0 Å². The van der Waals surface area contributed by atoms with Gasteiger partial charge < -0.3 is 19.5 Å². The smallest absolute Gasteiger partial charge is 0.295 e. The van der Waals surface area contributed by atoms with E-state index in [0.29, 0.717) is 29.5 Å². The largest absolute Gasteiger partial charge is 0.507 e. The second-order valence-corrected chi connectivity index (χ2v) is 9.14. The van der Waals surface area contributed by atoms with E-state index in [1.807, 2.05) is 49.4 Å². The molecular formula is C28H26ClNO5. The molecule has 2 atom stereocenters. The Labute approximate surface area is 208 Å². The van der Waals surface area contributed by atoms with Crippen molar-refractivity contribution in [2.24, 2.45) is 0 Å². The first-order valence-electron chi connectivity index (χ1n) is 11.8. The van der Waals surface area contributed by atoms with E-state index in [-0.39, 0.29) is 24.0 Å². The average molecular weight is 492 g/mol. The highest BCUT2D eigenvalue weighted by atomic mass is 35.5. The van der Waals surface area contributed by atoms with Crippen molar-refractivity contribution < 1.29 is 24.2 Å². The predicted molar refractivity (Wildman–Crippen MR) is 135 cm³/mol. The van der Waals surface area contributed by atoms with E-state index in [1.54, 1.807) is 23.1 Å². The van der Waals surface area contributed by atoms with Crippen molar-refractivity contribution in [1.29, 1.82) is 0 Å². The van der Waals surface area contributed by atoms with E-state index in [0.717, 1.165) is 29.2 Å². The summed E-state index contributed by atoms with van der Waals surface area (Å²) >= 11 is 6.23. The van der Waals surface area contributed by atoms with E-state index in [2.05, 4.69) is 0 Å². The number of hydrogen-bond acceptors (Lipinski definition) is 5.